The summed E-state index contributed by atoms with van der Waals surface area (Å²) >= 11 is 0. The molecule has 1 rings (SSSR count). The highest BCUT2D eigenvalue weighted by Crippen LogP contribution is 2.05. The maximum atomic E-state index is 11.7. The van der Waals surface area contributed by atoms with Gasteiger partial charge < -0.3 is 14.8 Å². The number of benzene rings is 1. The van der Waals surface area contributed by atoms with Gasteiger partial charge in [0.15, 0.2) is 0 Å². The van der Waals surface area contributed by atoms with Crippen LogP contribution < -0.4 is 5.32 Å². The molecule has 118 valence electrons. The average molecular weight is 293 g/mol. The van der Waals surface area contributed by atoms with Gasteiger partial charge in [0.1, 0.15) is 0 Å². The molecule has 4 heteroatoms. The molecular weight excluding hydrogens is 266 g/mol. The smallest absolute Gasteiger partial charge is 0.220 e. The van der Waals surface area contributed by atoms with Crippen LogP contribution in [-0.4, -0.2) is 38.9 Å². The van der Waals surface area contributed by atoms with Gasteiger partial charge in [0, 0.05) is 19.6 Å². The Labute approximate surface area is 127 Å². The Kier molecular flexibility index (Phi) is 9.49. The Hall–Kier alpha value is -1.39. The number of carbonyl (C=O) groups is 1. The lowest BCUT2D eigenvalue weighted by Gasteiger charge is -2.07. The van der Waals surface area contributed by atoms with E-state index >= 15 is 0 Å². The number of hydrogen-bond donors (Lipinski definition) is 1. The lowest BCUT2D eigenvalue weighted by atomic mass is 10.1. The fraction of sp³-hybridized carbons (Fsp3) is 0.588. The first-order chi connectivity index (χ1) is 10.2. The molecule has 1 amide bonds. The number of aryl methyl sites for hydroxylation is 2. The first-order valence-electron chi connectivity index (χ1n) is 7.70. The summed E-state index contributed by atoms with van der Waals surface area (Å²) in [5, 5.41) is 2.86. The van der Waals surface area contributed by atoms with Crippen LogP contribution in [0.3, 0.4) is 0 Å². The summed E-state index contributed by atoms with van der Waals surface area (Å²) in [6.07, 6.45) is 2.32. The van der Waals surface area contributed by atoms with Crippen LogP contribution in [0.25, 0.3) is 0 Å². The van der Waals surface area contributed by atoms with E-state index in [2.05, 4.69) is 43.4 Å². The molecule has 4 nitrogen and oxygen atoms in total. The first-order valence-corrected chi connectivity index (χ1v) is 7.70. The summed E-state index contributed by atoms with van der Waals surface area (Å²) < 4.78 is 10.7. The van der Waals surface area contributed by atoms with Gasteiger partial charge in [0.25, 0.3) is 0 Å². The topological polar surface area (TPSA) is 47.6 Å². The Morgan fingerprint density at radius 3 is 2.38 bits per heavy atom. The minimum Gasteiger partial charge on any atom is -0.379 e. The van der Waals surface area contributed by atoms with Crippen molar-refractivity contribution in [1.82, 2.24) is 5.32 Å². The quantitative estimate of drug-likeness (QED) is 0.638. The van der Waals surface area contributed by atoms with Gasteiger partial charge in [-0.3, -0.25) is 4.79 Å². The van der Waals surface area contributed by atoms with E-state index in [4.69, 9.17) is 9.47 Å². The van der Waals surface area contributed by atoms with Crippen molar-refractivity contribution in [2.45, 2.75) is 33.1 Å². The zero-order valence-electron chi connectivity index (χ0n) is 13.2. The van der Waals surface area contributed by atoms with Crippen molar-refractivity contribution in [3.63, 3.8) is 0 Å². The van der Waals surface area contributed by atoms with E-state index in [-0.39, 0.29) is 5.91 Å². The van der Waals surface area contributed by atoms with Crippen LogP contribution in [0.4, 0.5) is 0 Å². The van der Waals surface area contributed by atoms with Gasteiger partial charge in [0.2, 0.25) is 5.91 Å². The molecule has 0 aliphatic heterocycles. The normalized spacial score (nSPS) is 10.6. The molecule has 1 aromatic carbocycles. The van der Waals surface area contributed by atoms with E-state index in [0.29, 0.717) is 32.8 Å². The number of hydrogen-bond acceptors (Lipinski definition) is 3. The highest BCUT2D eigenvalue weighted by atomic mass is 16.5. The molecule has 0 saturated carbocycles. The van der Waals surface area contributed by atoms with Gasteiger partial charge >= 0.3 is 0 Å². The van der Waals surface area contributed by atoms with Crippen LogP contribution in [0.1, 0.15) is 30.9 Å². The Balaban J connectivity index is 1.97. The molecule has 0 bridgehead atoms. The van der Waals surface area contributed by atoms with Crippen molar-refractivity contribution < 1.29 is 14.3 Å². The lowest BCUT2D eigenvalue weighted by molar-refractivity contribution is -0.121. The van der Waals surface area contributed by atoms with Crippen molar-refractivity contribution in [2.24, 2.45) is 0 Å². The van der Waals surface area contributed by atoms with E-state index in [0.717, 1.165) is 19.4 Å². The summed E-state index contributed by atoms with van der Waals surface area (Å²) in [6.45, 7) is 7.20. The van der Waals surface area contributed by atoms with Crippen LogP contribution in [-0.2, 0) is 20.7 Å². The number of nitrogens with one attached hydrogen (secondary N) is 1. The summed E-state index contributed by atoms with van der Waals surface area (Å²) in [5.74, 6) is 0.0707. The molecule has 0 atom stereocenters. The van der Waals surface area contributed by atoms with Gasteiger partial charge in [-0.1, -0.05) is 36.8 Å². The zero-order chi connectivity index (χ0) is 15.3. The molecule has 0 fully saturated rings. The number of carbonyl (C=O) groups excluding carboxylic acids is 1. The molecule has 0 spiro atoms. The SMILES string of the molecule is CCCOCCOCCNC(=O)CCc1ccc(C)cc1. The summed E-state index contributed by atoms with van der Waals surface area (Å²) in [4.78, 5) is 11.7. The Morgan fingerprint density at radius 2 is 1.71 bits per heavy atom. The van der Waals surface area contributed by atoms with E-state index in [1.54, 1.807) is 0 Å². The summed E-state index contributed by atoms with van der Waals surface area (Å²) in [6, 6.07) is 8.29. The zero-order valence-corrected chi connectivity index (χ0v) is 13.2. The molecule has 21 heavy (non-hydrogen) atoms. The van der Waals surface area contributed by atoms with Crippen molar-refractivity contribution in [3.8, 4) is 0 Å². The fourth-order valence-corrected chi connectivity index (χ4v) is 1.83. The highest BCUT2D eigenvalue weighted by molar-refractivity contribution is 5.76. The van der Waals surface area contributed by atoms with Gasteiger partial charge in [0.05, 0.1) is 19.8 Å². The van der Waals surface area contributed by atoms with Crippen molar-refractivity contribution in [1.29, 1.82) is 0 Å². The Bertz CT molecular complexity index is 390. The first kappa shape index (κ1) is 17.7. The molecule has 0 saturated heterocycles. The molecule has 0 aromatic heterocycles. The summed E-state index contributed by atoms with van der Waals surface area (Å²) in [7, 11) is 0. The predicted octanol–water partition coefficient (Wildman–Crippen LogP) is 2.49. The monoisotopic (exact) mass is 293 g/mol. The van der Waals surface area contributed by atoms with Crippen molar-refractivity contribution >= 4 is 5.91 Å². The van der Waals surface area contributed by atoms with Crippen LogP contribution in [0.5, 0.6) is 0 Å². The van der Waals surface area contributed by atoms with Crippen LogP contribution in [0.2, 0.25) is 0 Å². The molecule has 1 aromatic rings. The number of amides is 1. The van der Waals surface area contributed by atoms with Gasteiger partial charge in [-0.2, -0.15) is 0 Å². The maximum absolute atomic E-state index is 11.7. The minimum absolute atomic E-state index is 0.0707. The Morgan fingerprint density at radius 1 is 1.05 bits per heavy atom. The third kappa shape index (κ3) is 9.21. The lowest BCUT2D eigenvalue weighted by Crippen LogP contribution is -2.27. The molecule has 0 aliphatic rings. The van der Waals surface area contributed by atoms with Gasteiger partial charge in [-0.05, 0) is 25.3 Å². The molecule has 0 heterocycles. The molecule has 0 unspecified atom stereocenters. The van der Waals surface area contributed by atoms with Gasteiger partial charge in [-0.15, -0.1) is 0 Å². The maximum Gasteiger partial charge on any atom is 0.220 e. The van der Waals surface area contributed by atoms with E-state index in [1.165, 1.54) is 11.1 Å². The van der Waals surface area contributed by atoms with Crippen LogP contribution in [0.15, 0.2) is 24.3 Å². The van der Waals surface area contributed by atoms with E-state index in [9.17, 15) is 4.79 Å². The minimum atomic E-state index is 0.0707. The number of ether oxygens (including phenoxy) is 2. The second kappa shape index (κ2) is 11.3. The standard InChI is InChI=1S/C17H27NO3/c1-3-11-20-13-14-21-12-10-18-17(19)9-8-16-6-4-15(2)5-7-16/h4-7H,3,8-14H2,1-2H3,(H,18,19). The molecule has 1 N–H and O–H groups in total. The number of rotatable bonds is 11. The molecular formula is C17H27NO3. The molecule has 0 aliphatic carbocycles. The second-order valence-electron chi connectivity index (χ2n) is 5.06. The third-order valence-electron chi connectivity index (χ3n) is 3.05. The largest absolute Gasteiger partial charge is 0.379 e. The van der Waals surface area contributed by atoms with Crippen molar-refractivity contribution in [2.75, 3.05) is 33.0 Å². The van der Waals surface area contributed by atoms with Crippen molar-refractivity contribution in [3.05, 3.63) is 35.4 Å². The van der Waals surface area contributed by atoms with Crippen LogP contribution >= 0.6 is 0 Å². The fourth-order valence-electron chi connectivity index (χ4n) is 1.83. The molecule has 0 radical (unpaired) electrons. The highest BCUT2D eigenvalue weighted by Gasteiger charge is 2.01. The van der Waals surface area contributed by atoms with E-state index in [1.807, 2.05) is 0 Å². The average Bonchev–Trinajstić information content (AvgIpc) is 2.49. The predicted molar refractivity (Wildman–Crippen MR) is 84.4 cm³/mol. The van der Waals surface area contributed by atoms with E-state index < -0.39 is 0 Å². The second-order valence-corrected chi connectivity index (χ2v) is 5.06. The summed E-state index contributed by atoms with van der Waals surface area (Å²) in [5.41, 5.74) is 2.43. The third-order valence-corrected chi connectivity index (χ3v) is 3.05. The van der Waals surface area contributed by atoms with Gasteiger partial charge in [-0.25, -0.2) is 0 Å². The van der Waals surface area contributed by atoms with Crippen LogP contribution in [0, 0.1) is 6.92 Å².